The average molecular weight is 455 g/mol. The van der Waals surface area contributed by atoms with Crippen LogP contribution in [0.25, 0.3) is 21.8 Å². The first-order chi connectivity index (χ1) is 16.6. The molecule has 0 spiro atoms. The number of benzene rings is 3. The van der Waals surface area contributed by atoms with E-state index in [4.69, 9.17) is 0 Å². The molecule has 0 atom stereocenters. The molecule has 5 rings (SSSR count). The van der Waals surface area contributed by atoms with Gasteiger partial charge in [-0.2, -0.15) is 5.10 Å². The van der Waals surface area contributed by atoms with Crippen molar-refractivity contribution in [1.29, 1.82) is 0 Å². The monoisotopic (exact) mass is 454 g/mol. The molecule has 2 heterocycles. The summed E-state index contributed by atoms with van der Waals surface area (Å²) in [5.41, 5.74) is 3.01. The first kappa shape index (κ1) is 21.6. The second-order valence-corrected chi connectivity index (χ2v) is 8.18. The van der Waals surface area contributed by atoms with Crippen molar-refractivity contribution in [1.82, 2.24) is 19.7 Å². The molecule has 0 aliphatic rings. The lowest BCUT2D eigenvalue weighted by Gasteiger charge is -2.10. The Balaban J connectivity index is 1.44. The number of carbonyl (C=O) groups is 1. The van der Waals surface area contributed by atoms with E-state index in [2.05, 4.69) is 10.4 Å². The number of nitrogens with zero attached hydrogens (tertiary/aromatic N) is 3. The quantitative estimate of drug-likeness (QED) is 0.406. The maximum absolute atomic E-state index is 13.4. The minimum Gasteiger partial charge on any atom is -0.354 e. The minimum absolute atomic E-state index is 0.165. The Bertz CT molecular complexity index is 1520. The van der Waals surface area contributed by atoms with Crippen molar-refractivity contribution < 1.29 is 9.18 Å². The molecule has 2 aromatic heterocycles. The predicted octanol–water partition coefficient (Wildman–Crippen LogP) is 3.90. The summed E-state index contributed by atoms with van der Waals surface area (Å²) in [6.07, 6.45) is 2.34. The van der Waals surface area contributed by atoms with Crippen molar-refractivity contribution in [2.45, 2.75) is 19.5 Å². The summed E-state index contributed by atoms with van der Waals surface area (Å²) in [5.74, 6) is -0.582. The van der Waals surface area contributed by atoms with Gasteiger partial charge in [-0.15, -0.1) is 0 Å². The van der Waals surface area contributed by atoms with Gasteiger partial charge in [0.15, 0.2) is 0 Å². The normalized spacial score (nSPS) is 11.2. The zero-order chi connectivity index (χ0) is 23.5. The summed E-state index contributed by atoms with van der Waals surface area (Å²) < 4.78 is 16.5. The van der Waals surface area contributed by atoms with Crippen molar-refractivity contribution >= 4 is 27.7 Å². The van der Waals surface area contributed by atoms with Crippen LogP contribution in [0.15, 0.2) is 89.9 Å². The van der Waals surface area contributed by atoms with Crippen molar-refractivity contribution in [2.75, 3.05) is 6.54 Å². The maximum Gasteiger partial charge on any atom is 0.291 e. The van der Waals surface area contributed by atoms with E-state index in [9.17, 15) is 14.0 Å². The van der Waals surface area contributed by atoms with E-state index in [1.165, 1.54) is 16.8 Å². The molecule has 0 saturated carbocycles. The van der Waals surface area contributed by atoms with Gasteiger partial charge in [0.1, 0.15) is 17.9 Å². The van der Waals surface area contributed by atoms with Crippen molar-refractivity contribution in [2.24, 2.45) is 0 Å². The number of rotatable bonds is 7. The van der Waals surface area contributed by atoms with Gasteiger partial charge in [-0.25, -0.2) is 9.07 Å². The van der Waals surface area contributed by atoms with Gasteiger partial charge in [-0.05, 0) is 35.7 Å². The Kier molecular flexibility index (Phi) is 5.91. The highest BCUT2D eigenvalue weighted by atomic mass is 19.1. The SMILES string of the molecule is O=C(Cn1ncc2c3ccccc3n(Cc3ccc(F)cc3)c2c1=O)NCCc1ccccc1. The smallest absolute Gasteiger partial charge is 0.291 e. The minimum atomic E-state index is -0.339. The van der Waals surface area contributed by atoms with E-state index in [1.54, 1.807) is 18.3 Å². The maximum atomic E-state index is 13.4. The number of halogens is 1. The second kappa shape index (κ2) is 9.31. The van der Waals surface area contributed by atoms with Gasteiger partial charge in [-0.3, -0.25) is 9.59 Å². The van der Waals surface area contributed by atoms with Gasteiger partial charge in [0.05, 0.1) is 6.20 Å². The van der Waals surface area contributed by atoms with Crippen LogP contribution in [-0.4, -0.2) is 26.8 Å². The molecule has 7 heteroatoms. The summed E-state index contributed by atoms with van der Waals surface area (Å²) >= 11 is 0. The summed E-state index contributed by atoms with van der Waals surface area (Å²) in [6.45, 7) is 0.707. The molecule has 0 bridgehead atoms. The second-order valence-electron chi connectivity index (χ2n) is 8.18. The summed E-state index contributed by atoms with van der Waals surface area (Å²) in [5, 5.41) is 8.77. The van der Waals surface area contributed by atoms with Gasteiger partial charge in [0, 0.05) is 29.4 Å². The number of para-hydroxylation sites is 1. The Hall–Kier alpha value is -4.26. The average Bonchev–Trinajstić information content (AvgIpc) is 3.17. The van der Waals surface area contributed by atoms with Gasteiger partial charge >= 0.3 is 0 Å². The Morgan fingerprint density at radius 2 is 1.62 bits per heavy atom. The number of hydrogen-bond acceptors (Lipinski definition) is 3. The molecule has 0 aliphatic carbocycles. The van der Waals surface area contributed by atoms with Gasteiger partial charge in [0.25, 0.3) is 5.56 Å². The fourth-order valence-corrected chi connectivity index (χ4v) is 4.23. The molecule has 170 valence electrons. The highest BCUT2D eigenvalue weighted by Crippen LogP contribution is 2.27. The third-order valence-corrected chi connectivity index (χ3v) is 5.90. The van der Waals surface area contributed by atoms with Crippen LogP contribution < -0.4 is 10.9 Å². The van der Waals surface area contributed by atoms with Crippen LogP contribution in [0.2, 0.25) is 0 Å². The Morgan fingerprint density at radius 1 is 0.882 bits per heavy atom. The van der Waals surface area contributed by atoms with E-state index < -0.39 is 0 Å². The molecule has 0 radical (unpaired) electrons. The lowest BCUT2D eigenvalue weighted by Crippen LogP contribution is -2.35. The van der Waals surface area contributed by atoms with E-state index in [0.29, 0.717) is 25.0 Å². The third-order valence-electron chi connectivity index (χ3n) is 5.90. The fourth-order valence-electron chi connectivity index (χ4n) is 4.23. The first-order valence-corrected chi connectivity index (χ1v) is 11.1. The summed E-state index contributed by atoms with van der Waals surface area (Å²) in [4.78, 5) is 26.0. The molecular weight excluding hydrogens is 431 g/mol. The lowest BCUT2D eigenvalue weighted by atomic mass is 10.1. The highest BCUT2D eigenvalue weighted by molar-refractivity contribution is 6.07. The lowest BCUT2D eigenvalue weighted by molar-refractivity contribution is -0.121. The van der Waals surface area contributed by atoms with Crippen LogP contribution in [-0.2, 0) is 24.3 Å². The number of nitrogens with one attached hydrogen (secondary N) is 1. The van der Waals surface area contributed by atoms with Gasteiger partial charge < -0.3 is 9.88 Å². The Morgan fingerprint density at radius 3 is 2.41 bits per heavy atom. The van der Waals surface area contributed by atoms with Crippen LogP contribution in [0.3, 0.4) is 0 Å². The molecule has 0 unspecified atom stereocenters. The van der Waals surface area contributed by atoms with E-state index in [0.717, 1.165) is 27.4 Å². The number of carbonyl (C=O) groups excluding carboxylic acids is 1. The largest absolute Gasteiger partial charge is 0.354 e. The van der Waals surface area contributed by atoms with Crippen LogP contribution in [0.4, 0.5) is 4.39 Å². The summed E-state index contributed by atoms with van der Waals surface area (Å²) in [7, 11) is 0. The van der Waals surface area contributed by atoms with E-state index in [-0.39, 0.29) is 23.8 Å². The molecule has 0 fully saturated rings. The molecular formula is C27H23FN4O2. The van der Waals surface area contributed by atoms with E-state index >= 15 is 0 Å². The first-order valence-electron chi connectivity index (χ1n) is 11.1. The fraction of sp³-hybridized carbons (Fsp3) is 0.148. The van der Waals surface area contributed by atoms with Gasteiger partial charge in [0.2, 0.25) is 5.91 Å². The number of hydrogen-bond donors (Lipinski definition) is 1. The Labute approximate surface area is 195 Å². The molecule has 0 saturated heterocycles. The number of fused-ring (bicyclic) bond motifs is 3. The van der Waals surface area contributed by atoms with Crippen LogP contribution >= 0.6 is 0 Å². The van der Waals surface area contributed by atoms with E-state index in [1.807, 2.05) is 59.2 Å². The number of amides is 1. The topological polar surface area (TPSA) is 68.9 Å². The molecule has 0 aliphatic heterocycles. The molecule has 6 nitrogen and oxygen atoms in total. The summed E-state index contributed by atoms with van der Waals surface area (Å²) in [6, 6.07) is 23.8. The predicted molar refractivity (Wildman–Crippen MR) is 130 cm³/mol. The molecule has 1 amide bonds. The standard InChI is InChI=1S/C27H23FN4O2/c28-21-12-10-20(11-13-21)17-31-24-9-5-4-8-22(24)23-16-30-32(27(34)26(23)31)18-25(33)29-15-14-19-6-2-1-3-7-19/h1-13,16H,14-15,17-18H2,(H,29,33). The zero-order valence-electron chi connectivity index (χ0n) is 18.4. The van der Waals surface area contributed by atoms with Crippen molar-refractivity contribution in [3.05, 3.63) is 112 Å². The van der Waals surface area contributed by atoms with Crippen LogP contribution in [0.1, 0.15) is 11.1 Å². The number of aromatic nitrogens is 3. The van der Waals surface area contributed by atoms with Crippen LogP contribution in [0, 0.1) is 5.82 Å². The third kappa shape index (κ3) is 4.32. The molecule has 1 N–H and O–H groups in total. The molecule has 3 aromatic carbocycles. The van der Waals surface area contributed by atoms with Crippen molar-refractivity contribution in [3.8, 4) is 0 Å². The molecule has 34 heavy (non-hydrogen) atoms. The zero-order valence-corrected chi connectivity index (χ0v) is 18.4. The van der Waals surface area contributed by atoms with Gasteiger partial charge in [-0.1, -0.05) is 60.7 Å². The van der Waals surface area contributed by atoms with Crippen LogP contribution in [0.5, 0.6) is 0 Å². The molecule has 5 aromatic rings. The highest BCUT2D eigenvalue weighted by Gasteiger charge is 2.17. The van der Waals surface area contributed by atoms with Crippen molar-refractivity contribution in [3.63, 3.8) is 0 Å².